The Hall–Kier alpha value is -1.61. The molecule has 1 aliphatic rings. The van der Waals surface area contributed by atoms with Crippen molar-refractivity contribution >= 4 is 19.7 Å². The van der Waals surface area contributed by atoms with Crippen LogP contribution in [0.5, 0.6) is 0 Å². The monoisotopic (exact) mass is 365 g/mol. The van der Waals surface area contributed by atoms with Crippen molar-refractivity contribution in [3.05, 3.63) is 35.4 Å². The maximum atomic E-state index is 12.6. The molecule has 0 N–H and O–H groups in total. The SMILES string of the molecule is Cc1cc(C2CC2)c(S(=O)(=O)Cl)cc1-n1cnc(C(F)(F)F)n1. The van der Waals surface area contributed by atoms with Gasteiger partial charge in [0.2, 0.25) is 0 Å². The Bertz CT molecular complexity index is 873. The van der Waals surface area contributed by atoms with E-state index in [0.29, 0.717) is 11.1 Å². The molecular weight excluding hydrogens is 355 g/mol. The van der Waals surface area contributed by atoms with Crippen LogP contribution in [0.2, 0.25) is 0 Å². The molecule has 0 atom stereocenters. The summed E-state index contributed by atoms with van der Waals surface area (Å²) >= 11 is 0. The van der Waals surface area contributed by atoms with E-state index in [2.05, 4.69) is 10.1 Å². The van der Waals surface area contributed by atoms with Crippen molar-refractivity contribution < 1.29 is 21.6 Å². The van der Waals surface area contributed by atoms with Crippen LogP contribution < -0.4 is 0 Å². The maximum Gasteiger partial charge on any atom is 0.453 e. The maximum absolute atomic E-state index is 12.6. The van der Waals surface area contributed by atoms with Crippen LogP contribution in [0.25, 0.3) is 5.69 Å². The summed E-state index contributed by atoms with van der Waals surface area (Å²) in [6, 6.07) is 2.89. The first-order valence-electron chi connectivity index (χ1n) is 6.66. The van der Waals surface area contributed by atoms with Gasteiger partial charge >= 0.3 is 6.18 Å². The predicted octanol–water partition coefficient (Wildman–Crippen LogP) is 3.40. The molecule has 0 saturated heterocycles. The van der Waals surface area contributed by atoms with Crippen molar-refractivity contribution in [3.63, 3.8) is 0 Å². The van der Waals surface area contributed by atoms with Crippen LogP contribution in [0.4, 0.5) is 13.2 Å². The molecule has 0 aliphatic heterocycles. The number of alkyl halides is 3. The average molecular weight is 366 g/mol. The number of aryl methyl sites for hydroxylation is 1. The second kappa shape index (κ2) is 5.20. The van der Waals surface area contributed by atoms with Crippen LogP contribution in [0.3, 0.4) is 0 Å². The van der Waals surface area contributed by atoms with Crippen molar-refractivity contribution in [2.24, 2.45) is 0 Å². The molecule has 10 heteroatoms. The number of hydrogen-bond donors (Lipinski definition) is 0. The molecule has 0 unspecified atom stereocenters. The van der Waals surface area contributed by atoms with Gasteiger partial charge in [0.25, 0.3) is 14.9 Å². The molecule has 1 heterocycles. The van der Waals surface area contributed by atoms with E-state index in [1.54, 1.807) is 13.0 Å². The zero-order valence-electron chi connectivity index (χ0n) is 11.8. The van der Waals surface area contributed by atoms with Gasteiger partial charge in [-0.1, -0.05) is 6.07 Å². The third-order valence-electron chi connectivity index (χ3n) is 3.60. The highest BCUT2D eigenvalue weighted by Gasteiger charge is 2.36. The van der Waals surface area contributed by atoms with Crippen LogP contribution in [-0.2, 0) is 15.2 Å². The number of benzene rings is 1. The molecule has 1 aliphatic carbocycles. The first-order chi connectivity index (χ1) is 10.6. The summed E-state index contributed by atoms with van der Waals surface area (Å²) < 4.78 is 62.3. The largest absolute Gasteiger partial charge is 0.453 e. The lowest BCUT2D eigenvalue weighted by Crippen LogP contribution is -2.09. The molecule has 124 valence electrons. The van der Waals surface area contributed by atoms with E-state index in [1.165, 1.54) is 6.07 Å². The molecule has 2 aromatic rings. The Morgan fingerprint density at radius 3 is 2.43 bits per heavy atom. The highest BCUT2D eigenvalue weighted by molar-refractivity contribution is 8.13. The lowest BCUT2D eigenvalue weighted by Gasteiger charge is -2.12. The number of rotatable bonds is 3. The second-order valence-electron chi connectivity index (χ2n) is 5.40. The summed E-state index contributed by atoms with van der Waals surface area (Å²) in [6.07, 6.45) is -2.05. The minimum Gasteiger partial charge on any atom is -0.220 e. The Kier molecular flexibility index (Phi) is 3.68. The van der Waals surface area contributed by atoms with E-state index >= 15 is 0 Å². The van der Waals surface area contributed by atoms with E-state index in [4.69, 9.17) is 10.7 Å². The van der Waals surface area contributed by atoms with Crippen LogP contribution >= 0.6 is 10.7 Å². The van der Waals surface area contributed by atoms with Crippen molar-refractivity contribution in [2.75, 3.05) is 0 Å². The van der Waals surface area contributed by atoms with Crippen LogP contribution in [0, 0.1) is 6.92 Å². The summed E-state index contributed by atoms with van der Waals surface area (Å²) in [4.78, 5) is 3.12. The smallest absolute Gasteiger partial charge is 0.220 e. The van der Waals surface area contributed by atoms with Gasteiger partial charge in [0, 0.05) is 10.7 Å². The Morgan fingerprint density at radius 1 is 1.30 bits per heavy atom. The molecule has 5 nitrogen and oxygen atoms in total. The molecule has 1 aromatic heterocycles. The first-order valence-corrected chi connectivity index (χ1v) is 8.97. The lowest BCUT2D eigenvalue weighted by molar-refractivity contribution is -0.144. The lowest BCUT2D eigenvalue weighted by atomic mass is 10.1. The molecule has 1 aromatic carbocycles. The van der Waals surface area contributed by atoms with Gasteiger partial charge in [-0.15, -0.1) is 5.10 Å². The third kappa shape index (κ3) is 3.20. The van der Waals surface area contributed by atoms with Gasteiger partial charge in [-0.2, -0.15) is 13.2 Å². The standard InChI is InChI=1S/C13H11ClF3N3O2S/c1-7-4-9(8-2-3-8)11(23(14,21)22)5-10(7)20-6-18-12(19-20)13(15,16)17/h4-6,8H,2-3H2,1H3. The normalized spacial score (nSPS) is 15.9. The number of hydrogen-bond acceptors (Lipinski definition) is 4. The van der Waals surface area contributed by atoms with E-state index in [9.17, 15) is 21.6 Å². The highest BCUT2D eigenvalue weighted by Crippen LogP contribution is 2.44. The number of halogens is 4. The summed E-state index contributed by atoms with van der Waals surface area (Å²) in [7, 11) is 1.45. The van der Waals surface area contributed by atoms with E-state index in [-0.39, 0.29) is 16.5 Å². The Labute approximate surface area is 134 Å². The Morgan fingerprint density at radius 2 is 1.96 bits per heavy atom. The number of aromatic nitrogens is 3. The number of nitrogens with zero attached hydrogens (tertiary/aromatic N) is 3. The molecule has 0 bridgehead atoms. The van der Waals surface area contributed by atoms with Crippen molar-refractivity contribution in [1.29, 1.82) is 0 Å². The van der Waals surface area contributed by atoms with Crippen LogP contribution in [0.1, 0.15) is 35.7 Å². The summed E-state index contributed by atoms with van der Waals surface area (Å²) in [6.45, 7) is 1.67. The summed E-state index contributed by atoms with van der Waals surface area (Å²) in [5.41, 5.74) is 1.38. The van der Waals surface area contributed by atoms with Crippen molar-refractivity contribution in [2.45, 2.75) is 36.8 Å². The van der Waals surface area contributed by atoms with Gasteiger partial charge in [-0.05, 0) is 42.9 Å². The predicted molar refractivity (Wildman–Crippen MR) is 76.1 cm³/mol. The van der Waals surface area contributed by atoms with Crippen molar-refractivity contribution in [3.8, 4) is 5.69 Å². The van der Waals surface area contributed by atoms with Gasteiger partial charge in [-0.25, -0.2) is 18.1 Å². The zero-order chi connectivity index (χ0) is 17.0. The molecular formula is C13H11ClF3N3O2S. The minimum absolute atomic E-state index is 0.0914. The minimum atomic E-state index is -4.67. The molecule has 0 radical (unpaired) electrons. The first kappa shape index (κ1) is 16.3. The summed E-state index contributed by atoms with van der Waals surface area (Å²) in [5, 5.41) is 3.37. The summed E-state index contributed by atoms with van der Waals surface area (Å²) in [5.74, 6) is -1.17. The van der Waals surface area contributed by atoms with Crippen LogP contribution in [-0.4, -0.2) is 23.2 Å². The quantitative estimate of drug-likeness (QED) is 0.782. The van der Waals surface area contributed by atoms with Gasteiger partial charge in [0.1, 0.15) is 6.33 Å². The molecule has 1 fully saturated rings. The topological polar surface area (TPSA) is 64.8 Å². The zero-order valence-corrected chi connectivity index (χ0v) is 13.4. The molecule has 23 heavy (non-hydrogen) atoms. The van der Waals surface area contributed by atoms with Crippen molar-refractivity contribution in [1.82, 2.24) is 14.8 Å². The highest BCUT2D eigenvalue weighted by atomic mass is 35.7. The average Bonchev–Trinajstić information content (AvgIpc) is 3.13. The van der Waals surface area contributed by atoms with E-state index in [1.807, 2.05) is 0 Å². The second-order valence-corrected chi connectivity index (χ2v) is 7.93. The molecule has 0 spiro atoms. The van der Waals surface area contributed by atoms with Crippen LogP contribution in [0.15, 0.2) is 23.4 Å². The third-order valence-corrected chi connectivity index (χ3v) is 4.98. The fourth-order valence-electron chi connectivity index (χ4n) is 2.38. The molecule has 0 amide bonds. The van der Waals surface area contributed by atoms with Gasteiger partial charge in [-0.3, -0.25) is 0 Å². The van der Waals surface area contributed by atoms with Gasteiger partial charge < -0.3 is 0 Å². The van der Waals surface area contributed by atoms with Gasteiger partial charge in [0.15, 0.2) is 0 Å². The molecule has 1 saturated carbocycles. The van der Waals surface area contributed by atoms with E-state index in [0.717, 1.165) is 23.9 Å². The Balaban J connectivity index is 2.15. The molecule has 3 rings (SSSR count). The van der Waals surface area contributed by atoms with E-state index < -0.39 is 21.1 Å². The fraction of sp³-hybridized carbons (Fsp3) is 0.385. The van der Waals surface area contributed by atoms with Gasteiger partial charge in [0.05, 0.1) is 10.6 Å². The fourth-order valence-corrected chi connectivity index (χ4v) is 3.54.